The van der Waals surface area contributed by atoms with E-state index in [1.807, 2.05) is 5.32 Å². The largest absolute Gasteiger partial charge is 0.478 e. The molecule has 0 aliphatic heterocycles. The lowest BCUT2D eigenvalue weighted by atomic mass is 10.0. The van der Waals surface area contributed by atoms with Crippen molar-refractivity contribution in [2.75, 3.05) is 5.32 Å². The molecule has 0 spiro atoms. The van der Waals surface area contributed by atoms with Crippen LogP contribution in [-0.2, 0) is 14.4 Å². The molecule has 28 heavy (non-hydrogen) atoms. The Bertz CT molecular complexity index is 999. The minimum Gasteiger partial charge on any atom is -0.478 e. The van der Waals surface area contributed by atoms with Crippen LogP contribution >= 0.6 is 0 Å². The van der Waals surface area contributed by atoms with Crippen molar-refractivity contribution in [3.63, 3.8) is 0 Å². The highest BCUT2D eigenvalue weighted by atomic mass is 19.4. The Balaban J connectivity index is 1.95. The molecule has 6 nitrogen and oxygen atoms in total. The van der Waals surface area contributed by atoms with E-state index in [0.29, 0.717) is 28.3 Å². The second-order valence-electron chi connectivity index (χ2n) is 5.95. The fourth-order valence-electron chi connectivity index (χ4n) is 2.99. The van der Waals surface area contributed by atoms with Crippen molar-refractivity contribution in [1.29, 1.82) is 0 Å². The van der Waals surface area contributed by atoms with Gasteiger partial charge < -0.3 is 15.7 Å². The van der Waals surface area contributed by atoms with Gasteiger partial charge in [-0.2, -0.15) is 13.2 Å². The highest BCUT2D eigenvalue weighted by Gasteiger charge is 2.42. The Morgan fingerprint density at radius 3 is 2.32 bits per heavy atom. The molecular formula is C19H13F3N2O4. The van der Waals surface area contributed by atoms with Gasteiger partial charge in [0.15, 0.2) is 0 Å². The number of nitrogens with one attached hydrogen (secondary N) is 2. The molecule has 0 fully saturated rings. The van der Waals surface area contributed by atoms with Gasteiger partial charge in [0.25, 0.3) is 0 Å². The highest BCUT2D eigenvalue weighted by Crippen LogP contribution is 2.44. The van der Waals surface area contributed by atoms with E-state index in [4.69, 9.17) is 5.11 Å². The topological polar surface area (TPSA) is 95.5 Å². The SMILES string of the molecule is O=C(O)/C=C/C(=O)Nc1ccc2c(c1)C(NC(=O)C(F)(F)F)c1ccccc1-2. The van der Waals surface area contributed by atoms with Crippen LogP contribution in [-0.4, -0.2) is 29.1 Å². The third kappa shape index (κ3) is 3.88. The number of halogens is 3. The molecule has 2 aromatic rings. The Labute approximate surface area is 156 Å². The molecule has 3 rings (SSSR count). The number of carboxylic acids is 1. The molecule has 1 aliphatic rings. The number of fused-ring (bicyclic) bond motifs is 3. The monoisotopic (exact) mass is 390 g/mol. The van der Waals surface area contributed by atoms with Gasteiger partial charge in [-0.1, -0.05) is 30.3 Å². The lowest BCUT2D eigenvalue weighted by Crippen LogP contribution is -2.39. The van der Waals surface area contributed by atoms with Crippen molar-refractivity contribution in [3.8, 4) is 11.1 Å². The van der Waals surface area contributed by atoms with E-state index < -0.39 is 30.0 Å². The van der Waals surface area contributed by atoms with Crippen LogP contribution in [0.2, 0.25) is 0 Å². The van der Waals surface area contributed by atoms with Gasteiger partial charge in [0.2, 0.25) is 5.91 Å². The summed E-state index contributed by atoms with van der Waals surface area (Å²) in [4.78, 5) is 33.7. The lowest BCUT2D eigenvalue weighted by molar-refractivity contribution is -0.174. The average molecular weight is 390 g/mol. The van der Waals surface area contributed by atoms with Crippen LogP contribution < -0.4 is 10.6 Å². The summed E-state index contributed by atoms with van der Waals surface area (Å²) in [5, 5.41) is 13.0. The molecule has 0 saturated heterocycles. The van der Waals surface area contributed by atoms with Gasteiger partial charge in [-0.25, -0.2) is 4.79 Å². The smallest absolute Gasteiger partial charge is 0.471 e. The predicted molar refractivity (Wildman–Crippen MR) is 93.3 cm³/mol. The second-order valence-corrected chi connectivity index (χ2v) is 5.95. The zero-order valence-corrected chi connectivity index (χ0v) is 14.1. The highest BCUT2D eigenvalue weighted by molar-refractivity contribution is 6.02. The Morgan fingerprint density at radius 1 is 0.964 bits per heavy atom. The third-order valence-electron chi connectivity index (χ3n) is 4.10. The first-order chi connectivity index (χ1) is 13.2. The number of aliphatic carboxylic acids is 1. The molecule has 9 heteroatoms. The number of benzene rings is 2. The average Bonchev–Trinajstić information content (AvgIpc) is 2.93. The van der Waals surface area contributed by atoms with E-state index in [2.05, 4.69) is 5.32 Å². The number of anilines is 1. The first-order valence-electron chi connectivity index (χ1n) is 8.00. The second kappa shape index (κ2) is 7.18. The lowest BCUT2D eigenvalue weighted by Gasteiger charge is -2.17. The number of amides is 2. The predicted octanol–water partition coefficient (Wildman–Crippen LogP) is 3.01. The maximum atomic E-state index is 12.7. The van der Waals surface area contributed by atoms with E-state index in [1.54, 1.807) is 30.3 Å². The zero-order valence-electron chi connectivity index (χ0n) is 14.1. The summed E-state index contributed by atoms with van der Waals surface area (Å²) < 4.78 is 38.2. The molecule has 2 aromatic carbocycles. The maximum absolute atomic E-state index is 12.7. The number of hydrogen-bond acceptors (Lipinski definition) is 3. The van der Waals surface area contributed by atoms with Crippen molar-refractivity contribution in [2.24, 2.45) is 0 Å². The molecule has 0 heterocycles. The molecule has 0 bridgehead atoms. The van der Waals surface area contributed by atoms with Gasteiger partial charge in [0.05, 0.1) is 6.04 Å². The van der Waals surface area contributed by atoms with Gasteiger partial charge in [0.1, 0.15) is 0 Å². The minimum atomic E-state index is -5.04. The zero-order chi connectivity index (χ0) is 20.5. The molecule has 1 atom stereocenters. The number of carbonyl (C=O) groups excluding carboxylic acids is 2. The molecule has 1 aliphatic carbocycles. The van der Waals surface area contributed by atoms with Crippen LogP contribution in [0.1, 0.15) is 17.2 Å². The molecule has 1 unspecified atom stereocenters. The summed E-state index contributed by atoms with van der Waals surface area (Å²) in [5.74, 6) is -4.08. The van der Waals surface area contributed by atoms with Crippen LogP contribution in [0.4, 0.5) is 18.9 Å². The number of rotatable bonds is 4. The molecule has 144 valence electrons. The number of hydrogen-bond donors (Lipinski definition) is 3. The Morgan fingerprint density at radius 2 is 1.64 bits per heavy atom. The van der Waals surface area contributed by atoms with E-state index in [1.165, 1.54) is 12.1 Å². The molecule has 3 N–H and O–H groups in total. The molecule has 0 radical (unpaired) electrons. The van der Waals surface area contributed by atoms with E-state index >= 15 is 0 Å². The quantitative estimate of drug-likeness (QED) is 0.700. The van der Waals surface area contributed by atoms with Crippen LogP contribution in [0.15, 0.2) is 54.6 Å². The van der Waals surface area contributed by atoms with Gasteiger partial charge in [0, 0.05) is 17.8 Å². The van der Waals surface area contributed by atoms with Crippen LogP contribution in [0.3, 0.4) is 0 Å². The van der Waals surface area contributed by atoms with Crippen molar-refractivity contribution in [2.45, 2.75) is 12.2 Å². The Hall–Kier alpha value is -3.62. The van der Waals surface area contributed by atoms with Crippen LogP contribution in [0, 0.1) is 0 Å². The summed E-state index contributed by atoms with van der Waals surface area (Å²) in [6.07, 6.45) is -3.57. The first kappa shape index (κ1) is 19.2. The molecule has 0 aromatic heterocycles. The fraction of sp³-hybridized carbons (Fsp3) is 0.105. The minimum absolute atomic E-state index is 0.248. The van der Waals surface area contributed by atoms with Crippen molar-refractivity contribution in [3.05, 3.63) is 65.7 Å². The van der Waals surface area contributed by atoms with Crippen LogP contribution in [0.5, 0.6) is 0 Å². The fourth-order valence-corrected chi connectivity index (χ4v) is 2.99. The molecule has 2 amide bonds. The molecular weight excluding hydrogens is 377 g/mol. The van der Waals surface area contributed by atoms with Gasteiger partial charge in [-0.3, -0.25) is 9.59 Å². The number of carbonyl (C=O) groups is 3. The standard InChI is InChI=1S/C19H13F3N2O4/c20-19(21,22)18(28)24-17-13-4-2-1-3-11(13)12-6-5-10(9-14(12)17)23-15(25)7-8-16(26)27/h1-9,17H,(H,23,25)(H,24,28)(H,26,27)/b8-7+. The summed E-state index contributed by atoms with van der Waals surface area (Å²) in [5.41, 5.74) is 2.44. The van der Waals surface area contributed by atoms with Crippen molar-refractivity contribution < 1.29 is 32.7 Å². The van der Waals surface area contributed by atoms with Crippen LogP contribution in [0.25, 0.3) is 11.1 Å². The summed E-state index contributed by atoms with van der Waals surface area (Å²) in [6, 6.07) is 10.3. The van der Waals surface area contributed by atoms with Crippen molar-refractivity contribution in [1.82, 2.24) is 5.32 Å². The van der Waals surface area contributed by atoms with Gasteiger partial charge >= 0.3 is 18.1 Å². The maximum Gasteiger partial charge on any atom is 0.471 e. The van der Waals surface area contributed by atoms with Crippen molar-refractivity contribution >= 4 is 23.5 Å². The van der Waals surface area contributed by atoms with E-state index in [9.17, 15) is 27.6 Å². The number of carboxylic acid groups (broad SMARTS) is 1. The summed E-state index contributed by atoms with van der Waals surface area (Å²) in [6.45, 7) is 0. The summed E-state index contributed by atoms with van der Waals surface area (Å²) in [7, 11) is 0. The molecule has 0 saturated carbocycles. The third-order valence-corrected chi connectivity index (χ3v) is 4.10. The van der Waals surface area contributed by atoms with E-state index in [0.717, 1.165) is 6.08 Å². The van der Waals surface area contributed by atoms with E-state index in [-0.39, 0.29) is 5.69 Å². The summed E-state index contributed by atoms with van der Waals surface area (Å²) >= 11 is 0. The van der Waals surface area contributed by atoms with Gasteiger partial charge in [-0.15, -0.1) is 0 Å². The van der Waals surface area contributed by atoms with Gasteiger partial charge in [-0.05, 0) is 34.4 Å². The first-order valence-corrected chi connectivity index (χ1v) is 8.00. The Kier molecular flexibility index (Phi) is 4.91. The normalized spacial score (nSPS) is 15.0. The number of alkyl halides is 3.